The van der Waals surface area contributed by atoms with Crippen molar-refractivity contribution in [1.82, 2.24) is 19.9 Å². The van der Waals surface area contributed by atoms with Gasteiger partial charge >= 0.3 is 0 Å². The van der Waals surface area contributed by atoms with Gasteiger partial charge in [-0.25, -0.2) is 4.98 Å². The Morgan fingerprint density at radius 3 is 2.50 bits per heavy atom. The summed E-state index contributed by atoms with van der Waals surface area (Å²) in [7, 11) is 0. The number of hydrogen-bond donors (Lipinski definition) is 2. The summed E-state index contributed by atoms with van der Waals surface area (Å²) in [5.74, 6) is -0.302. The first-order valence-corrected chi connectivity index (χ1v) is 10.9. The van der Waals surface area contributed by atoms with Crippen LogP contribution in [-0.4, -0.2) is 46.1 Å². The van der Waals surface area contributed by atoms with Crippen LogP contribution in [0.4, 0.5) is 5.95 Å². The minimum absolute atomic E-state index is 0.192. The molecule has 8 heteroatoms. The first kappa shape index (κ1) is 23.4. The van der Waals surface area contributed by atoms with Crippen LogP contribution in [0.1, 0.15) is 60.4 Å². The minimum atomic E-state index is -0.286. The number of hydrogen-bond acceptors (Lipinski definition) is 5. The van der Waals surface area contributed by atoms with Crippen molar-refractivity contribution in [3.63, 3.8) is 0 Å². The molecular weight excluding hydrogens is 406 g/mol. The van der Waals surface area contributed by atoms with Crippen LogP contribution in [0.2, 0.25) is 0 Å². The summed E-state index contributed by atoms with van der Waals surface area (Å²) in [6, 6.07) is 7.28. The quantitative estimate of drug-likeness (QED) is 0.495. The molecule has 0 unspecified atom stereocenters. The number of rotatable bonds is 9. The van der Waals surface area contributed by atoms with E-state index in [1.807, 2.05) is 36.7 Å². The molecule has 3 aromatic rings. The van der Waals surface area contributed by atoms with Crippen molar-refractivity contribution in [1.29, 1.82) is 0 Å². The fourth-order valence-electron chi connectivity index (χ4n) is 3.23. The predicted octanol–water partition coefficient (Wildman–Crippen LogP) is 3.90. The molecule has 0 bridgehead atoms. The van der Waals surface area contributed by atoms with Crippen molar-refractivity contribution in [2.24, 2.45) is 0 Å². The number of nitrogens with zero attached hydrogens (tertiary/aromatic N) is 3. The number of carbonyl (C=O) groups is 2. The Kier molecular flexibility index (Phi) is 7.25. The van der Waals surface area contributed by atoms with Crippen molar-refractivity contribution in [2.75, 3.05) is 25.1 Å². The van der Waals surface area contributed by atoms with E-state index < -0.39 is 0 Å². The highest BCUT2D eigenvalue weighted by atomic mass is 16.5. The fourth-order valence-corrected chi connectivity index (χ4v) is 3.23. The smallest absolute Gasteiger partial charge is 0.258 e. The highest BCUT2D eigenvalue weighted by Crippen LogP contribution is 2.29. The molecule has 2 amide bonds. The van der Waals surface area contributed by atoms with Crippen molar-refractivity contribution in [3.05, 3.63) is 53.3 Å². The molecule has 0 radical (unpaired) electrons. The zero-order valence-electron chi connectivity index (χ0n) is 19.4. The lowest BCUT2D eigenvalue weighted by molar-refractivity contribution is 0.0923. The molecule has 0 saturated heterocycles. The number of anilines is 1. The van der Waals surface area contributed by atoms with Crippen LogP contribution < -0.4 is 10.6 Å². The van der Waals surface area contributed by atoms with Gasteiger partial charge < -0.3 is 14.6 Å². The van der Waals surface area contributed by atoms with E-state index in [9.17, 15) is 9.59 Å². The van der Waals surface area contributed by atoms with Gasteiger partial charge in [-0.15, -0.1) is 0 Å². The first-order valence-electron chi connectivity index (χ1n) is 10.9. The van der Waals surface area contributed by atoms with Crippen LogP contribution in [0, 0.1) is 6.92 Å². The standard InChI is InChI=1S/C24H31N5O3/c1-6-24(4,5)29-15-19(22(31)25-12-13-32-7-2)18-14-26-23(27-20(18)29)28-21(30)17-10-8-16(3)9-11-17/h8-11,14-15H,6-7,12-13H2,1-5H3,(H,25,31)(H,26,27,28,30). The lowest BCUT2D eigenvalue weighted by Crippen LogP contribution is -2.27. The van der Waals surface area contributed by atoms with E-state index >= 15 is 0 Å². The fraction of sp³-hybridized carbons (Fsp3) is 0.417. The lowest BCUT2D eigenvalue weighted by atomic mass is 10.0. The average Bonchev–Trinajstić information content (AvgIpc) is 3.17. The van der Waals surface area contributed by atoms with Gasteiger partial charge in [0.05, 0.1) is 17.6 Å². The lowest BCUT2D eigenvalue weighted by Gasteiger charge is -2.25. The van der Waals surface area contributed by atoms with Gasteiger partial charge in [-0.05, 0) is 46.2 Å². The van der Waals surface area contributed by atoms with Gasteiger partial charge in [-0.3, -0.25) is 14.9 Å². The van der Waals surface area contributed by atoms with Crippen molar-refractivity contribution < 1.29 is 14.3 Å². The largest absolute Gasteiger partial charge is 0.380 e. The highest BCUT2D eigenvalue weighted by Gasteiger charge is 2.25. The van der Waals surface area contributed by atoms with Gasteiger partial charge in [0, 0.05) is 36.6 Å². The van der Waals surface area contributed by atoms with Crippen LogP contribution in [0.3, 0.4) is 0 Å². The molecule has 2 heterocycles. The number of benzene rings is 1. The van der Waals surface area contributed by atoms with E-state index in [0.717, 1.165) is 12.0 Å². The monoisotopic (exact) mass is 437 g/mol. The first-order chi connectivity index (χ1) is 15.3. The number of aryl methyl sites for hydroxylation is 1. The molecule has 170 valence electrons. The molecule has 0 fully saturated rings. The summed E-state index contributed by atoms with van der Waals surface area (Å²) in [5.41, 5.74) is 2.41. The Hall–Kier alpha value is -3.26. The number of fused-ring (bicyclic) bond motifs is 1. The van der Waals surface area contributed by atoms with Crippen LogP contribution in [-0.2, 0) is 10.3 Å². The van der Waals surface area contributed by atoms with Gasteiger partial charge in [0.1, 0.15) is 5.65 Å². The maximum absolute atomic E-state index is 12.8. The summed E-state index contributed by atoms with van der Waals surface area (Å²) in [6.07, 6.45) is 4.23. The molecule has 2 aromatic heterocycles. The zero-order chi connectivity index (χ0) is 23.3. The molecule has 3 rings (SSSR count). The number of carbonyl (C=O) groups excluding carboxylic acids is 2. The molecule has 32 heavy (non-hydrogen) atoms. The summed E-state index contributed by atoms with van der Waals surface area (Å²) < 4.78 is 7.27. The number of ether oxygens (including phenoxy) is 1. The number of nitrogens with one attached hydrogen (secondary N) is 2. The van der Waals surface area contributed by atoms with Crippen molar-refractivity contribution in [3.8, 4) is 0 Å². The molecule has 0 aliphatic carbocycles. The van der Waals surface area contributed by atoms with Crippen LogP contribution in [0.5, 0.6) is 0 Å². The summed E-state index contributed by atoms with van der Waals surface area (Å²) >= 11 is 0. The normalized spacial score (nSPS) is 11.5. The third kappa shape index (κ3) is 5.13. The zero-order valence-corrected chi connectivity index (χ0v) is 19.4. The van der Waals surface area contributed by atoms with Crippen molar-refractivity contribution in [2.45, 2.75) is 46.6 Å². The average molecular weight is 438 g/mol. The Labute approximate surface area is 188 Å². The van der Waals surface area contributed by atoms with Gasteiger partial charge in [-0.2, -0.15) is 4.98 Å². The summed E-state index contributed by atoms with van der Waals surface area (Å²) in [4.78, 5) is 34.3. The van der Waals surface area contributed by atoms with E-state index in [1.54, 1.807) is 18.3 Å². The Balaban J connectivity index is 1.93. The molecule has 0 aliphatic heterocycles. The Bertz CT molecular complexity index is 1100. The molecule has 1 aromatic carbocycles. The molecule has 8 nitrogen and oxygen atoms in total. The SMILES string of the molecule is CCOCCNC(=O)c1cn(C(C)(C)CC)c2nc(NC(=O)c3ccc(C)cc3)ncc12. The van der Waals surface area contributed by atoms with Crippen LogP contribution in [0.15, 0.2) is 36.7 Å². The van der Waals surface area contributed by atoms with E-state index in [1.165, 1.54) is 0 Å². The third-order valence-electron chi connectivity index (χ3n) is 5.58. The van der Waals surface area contributed by atoms with Gasteiger partial charge in [0.2, 0.25) is 5.95 Å². The maximum Gasteiger partial charge on any atom is 0.258 e. The van der Waals surface area contributed by atoms with Gasteiger partial charge in [0.25, 0.3) is 11.8 Å². The molecule has 0 saturated carbocycles. The Morgan fingerprint density at radius 1 is 1.12 bits per heavy atom. The van der Waals surface area contributed by atoms with Gasteiger partial charge in [0.15, 0.2) is 0 Å². The Morgan fingerprint density at radius 2 is 1.84 bits per heavy atom. The van der Waals surface area contributed by atoms with E-state index in [-0.39, 0.29) is 23.3 Å². The molecular formula is C24H31N5O3. The van der Waals surface area contributed by atoms with Crippen molar-refractivity contribution >= 4 is 28.8 Å². The third-order valence-corrected chi connectivity index (χ3v) is 5.58. The summed E-state index contributed by atoms with van der Waals surface area (Å²) in [6.45, 7) is 11.6. The predicted molar refractivity (Wildman–Crippen MR) is 125 cm³/mol. The second-order valence-electron chi connectivity index (χ2n) is 8.28. The second-order valence-corrected chi connectivity index (χ2v) is 8.28. The molecule has 0 aliphatic rings. The molecule has 0 atom stereocenters. The maximum atomic E-state index is 12.8. The number of amides is 2. The van der Waals surface area contributed by atoms with E-state index in [0.29, 0.717) is 41.9 Å². The van der Waals surface area contributed by atoms with Crippen LogP contribution in [0.25, 0.3) is 11.0 Å². The van der Waals surface area contributed by atoms with E-state index in [4.69, 9.17) is 4.74 Å². The van der Waals surface area contributed by atoms with Crippen LogP contribution >= 0.6 is 0 Å². The number of aromatic nitrogens is 3. The summed E-state index contributed by atoms with van der Waals surface area (Å²) in [5, 5.41) is 6.27. The minimum Gasteiger partial charge on any atom is -0.380 e. The molecule has 2 N–H and O–H groups in total. The molecule has 0 spiro atoms. The second kappa shape index (κ2) is 9.91. The topological polar surface area (TPSA) is 98.1 Å². The highest BCUT2D eigenvalue weighted by molar-refractivity contribution is 6.07. The van der Waals surface area contributed by atoms with Gasteiger partial charge in [-0.1, -0.05) is 24.6 Å². The van der Waals surface area contributed by atoms with E-state index in [2.05, 4.69) is 41.4 Å².